The standard InChI is InChI=1S/C13H19ClN2O/c1-3-6-16(7-8-17-2)10-11-4-5-12(14)13(15)9-11/h3-5,9H,1,6-8,10,15H2,2H3. The monoisotopic (exact) mass is 254 g/mol. The second-order valence-electron chi connectivity index (χ2n) is 3.87. The SMILES string of the molecule is C=CCN(CCOC)Cc1ccc(Cl)c(N)c1. The molecule has 17 heavy (non-hydrogen) atoms. The van der Waals surface area contributed by atoms with Gasteiger partial charge in [-0.2, -0.15) is 0 Å². The molecule has 0 bridgehead atoms. The molecule has 0 aromatic heterocycles. The average Bonchev–Trinajstić information content (AvgIpc) is 2.31. The van der Waals surface area contributed by atoms with E-state index in [-0.39, 0.29) is 0 Å². The largest absolute Gasteiger partial charge is 0.398 e. The van der Waals surface area contributed by atoms with Crippen LogP contribution in [0, 0.1) is 0 Å². The molecule has 94 valence electrons. The van der Waals surface area contributed by atoms with E-state index in [4.69, 9.17) is 22.1 Å². The Morgan fingerprint density at radius 1 is 1.53 bits per heavy atom. The van der Waals surface area contributed by atoms with Crippen molar-refractivity contribution in [2.75, 3.05) is 32.5 Å². The Balaban J connectivity index is 2.64. The third kappa shape index (κ3) is 4.77. The molecule has 3 nitrogen and oxygen atoms in total. The smallest absolute Gasteiger partial charge is 0.0635 e. The van der Waals surface area contributed by atoms with Crippen LogP contribution in [0.4, 0.5) is 5.69 Å². The predicted molar refractivity (Wildman–Crippen MR) is 73.2 cm³/mol. The zero-order chi connectivity index (χ0) is 12.7. The quantitative estimate of drug-likeness (QED) is 0.600. The summed E-state index contributed by atoms with van der Waals surface area (Å²) in [6.07, 6.45) is 1.88. The lowest BCUT2D eigenvalue weighted by Crippen LogP contribution is -2.27. The average molecular weight is 255 g/mol. The van der Waals surface area contributed by atoms with Gasteiger partial charge in [0.05, 0.1) is 17.3 Å². The van der Waals surface area contributed by atoms with Gasteiger partial charge in [0, 0.05) is 26.7 Å². The minimum Gasteiger partial charge on any atom is -0.398 e. The lowest BCUT2D eigenvalue weighted by atomic mass is 10.2. The van der Waals surface area contributed by atoms with E-state index in [1.807, 2.05) is 24.3 Å². The van der Waals surface area contributed by atoms with Crippen LogP contribution < -0.4 is 5.73 Å². The Hall–Kier alpha value is -1.03. The zero-order valence-corrected chi connectivity index (χ0v) is 10.9. The van der Waals surface area contributed by atoms with Crippen LogP contribution in [0.25, 0.3) is 0 Å². The van der Waals surface area contributed by atoms with Gasteiger partial charge in [0.2, 0.25) is 0 Å². The Bertz CT molecular complexity index is 368. The van der Waals surface area contributed by atoms with Crippen molar-refractivity contribution >= 4 is 17.3 Å². The number of hydrogen-bond acceptors (Lipinski definition) is 3. The summed E-state index contributed by atoms with van der Waals surface area (Å²) in [6.45, 7) is 6.97. The Kier molecular flexibility index (Phi) is 6.05. The van der Waals surface area contributed by atoms with Crippen molar-refractivity contribution < 1.29 is 4.74 Å². The molecular formula is C13H19ClN2O. The molecule has 0 spiro atoms. The van der Waals surface area contributed by atoms with Crippen LogP contribution in [0.15, 0.2) is 30.9 Å². The van der Waals surface area contributed by atoms with Crippen molar-refractivity contribution in [1.29, 1.82) is 0 Å². The van der Waals surface area contributed by atoms with Gasteiger partial charge >= 0.3 is 0 Å². The lowest BCUT2D eigenvalue weighted by molar-refractivity contribution is 0.151. The second-order valence-corrected chi connectivity index (χ2v) is 4.28. The third-order valence-electron chi connectivity index (χ3n) is 2.47. The Morgan fingerprint density at radius 2 is 2.29 bits per heavy atom. The van der Waals surface area contributed by atoms with Crippen molar-refractivity contribution in [2.24, 2.45) is 0 Å². The first-order valence-electron chi connectivity index (χ1n) is 5.53. The minimum atomic E-state index is 0.598. The van der Waals surface area contributed by atoms with Crippen molar-refractivity contribution in [3.8, 4) is 0 Å². The maximum atomic E-state index is 5.89. The topological polar surface area (TPSA) is 38.5 Å². The van der Waals surface area contributed by atoms with Gasteiger partial charge in [0.1, 0.15) is 0 Å². The van der Waals surface area contributed by atoms with E-state index in [9.17, 15) is 0 Å². The van der Waals surface area contributed by atoms with Crippen LogP contribution in [-0.2, 0) is 11.3 Å². The first kappa shape index (κ1) is 14.0. The molecule has 0 atom stereocenters. The number of rotatable bonds is 7. The Morgan fingerprint density at radius 3 is 2.88 bits per heavy atom. The minimum absolute atomic E-state index is 0.598. The van der Waals surface area contributed by atoms with Crippen molar-refractivity contribution in [1.82, 2.24) is 4.90 Å². The highest BCUT2D eigenvalue weighted by Gasteiger charge is 2.05. The van der Waals surface area contributed by atoms with Crippen LogP contribution >= 0.6 is 11.6 Å². The fourth-order valence-corrected chi connectivity index (χ4v) is 1.71. The van der Waals surface area contributed by atoms with E-state index >= 15 is 0 Å². The van der Waals surface area contributed by atoms with Crippen LogP contribution in [0.2, 0.25) is 5.02 Å². The molecule has 0 aliphatic heterocycles. The molecular weight excluding hydrogens is 236 g/mol. The molecule has 1 aromatic carbocycles. The first-order valence-corrected chi connectivity index (χ1v) is 5.91. The summed E-state index contributed by atoms with van der Waals surface area (Å²) in [5, 5.41) is 0.598. The summed E-state index contributed by atoms with van der Waals surface area (Å²) in [5.74, 6) is 0. The summed E-state index contributed by atoms with van der Waals surface area (Å²) in [7, 11) is 1.70. The van der Waals surface area contributed by atoms with E-state index in [1.165, 1.54) is 0 Å². The molecule has 1 aromatic rings. The molecule has 2 N–H and O–H groups in total. The summed E-state index contributed by atoms with van der Waals surface area (Å²) in [6, 6.07) is 5.72. The van der Waals surface area contributed by atoms with Crippen LogP contribution in [0.5, 0.6) is 0 Å². The van der Waals surface area contributed by atoms with Gasteiger partial charge in [0.25, 0.3) is 0 Å². The third-order valence-corrected chi connectivity index (χ3v) is 2.81. The van der Waals surface area contributed by atoms with Gasteiger partial charge in [-0.25, -0.2) is 0 Å². The number of nitrogens with two attached hydrogens (primary N) is 1. The number of hydrogen-bond donors (Lipinski definition) is 1. The number of anilines is 1. The number of benzene rings is 1. The van der Waals surface area contributed by atoms with Gasteiger partial charge < -0.3 is 10.5 Å². The molecule has 0 amide bonds. The van der Waals surface area contributed by atoms with E-state index in [2.05, 4.69) is 11.5 Å². The summed E-state index contributed by atoms with van der Waals surface area (Å²) in [4.78, 5) is 2.24. The fourth-order valence-electron chi connectivity index (χ4n) is 1.59. The highest BCUT2D eigenvalue weighted by Crippen LogP contribution is 2.20. The van der Waals surface area contributed by atoms with Crippen LogP contribution in [-0.4, -0.2) is 31.7 Å². The highest BCUT2D eigenvalue weighted by atomic mass is 35.5. The normalized spacial score (nSPS) is 10.8. The summed E-state index contributed by atoms with van der Waals surface area (Å²) >= 11 is 5.89. The van der Waals surface area contributed by atoms with E-state index in [1.54, 1.807) is 7.11 Å². The number of methoxy groups -OCH3 is 1. The zero-order valence-electron chi connectivity index (χ0n) is 10.2. The van der Waals surface area contributed by atoms with Crippen molar-refractivity contribution in [2.45, 2.75) is 6.54 Å². The number of nitrogens with zero attached hydrogens (tertiary/aromatic N) is 1. The van der Waals surface area contributed by atoms with Gasteiger partial charge in [-0.05, 0) is 17.7 Å². The molecule has 0 radical (unpaired) electrons. The Labute approximate surface area is 108 Å². The molecule has 1 rings (SSSR count). The van der Waals surface area contributed by atoms with Crippen molar-refractivity contribution in [3.63, 3.8) is 0 Å². The number of halogens is 1. The number of nitrogen functional groups attached to an aromatic ring is 1. The van der Waals surface area contributed by atoms with E-state index < -0.39 is 0 Å². The molecule has 0 unspecified atom stereocenters. The van der Waals surface area contributed by atoms with E-state index in [0.29, 0.717) is 17.3 Å². The van der Waals surface area contributed by atoms with E-state index in [0.717, 1.165) is 25.2 Å². The van der Waals surface area contributed by atoms with Crippen LogP contribution in [0.3, 0.4) is 0 Å². The summed E-state index contributed by atoms with van der Waals surface area (Å²) in [5.41, 5.74) is 7.54. The van der Waals surface area contributed by atoms with Crippen molar-refractivity contribution in [3.05, 3.63) is 41.4 Å². The molecule has 0 fully saturated rings. The maximum absolute atomic E-state index is 5.89. The summed E-state index contributed by atoms with van der Waals surface area (Å²) < 4.78 is 5.08. The lowest BCUT2D eigenvalue weighted by Gasteiger charge is -2.20. The highest BCUT2D eigenvalue weighted by molar-refractivity contribution is 6.33. The fraction of sp³-hybridized carbons (Fsp3) is 0.385. The number of ether oxygens (including phenoxy) is 1. The first-order chi connectivity index (χ1) is 8.17. The second kappa shape index (κ2) is 7.33. The van der Waals surface area contributed by atoms with Gasteiger partial charge in [-0.3, -0.25) is 4.90 Å². The molecule has 0 saturated carbocycles. The predicted octanol–water partition coefficient (Wildman–Crippen LogP) is 2.56. The van der Waals surface area contributed by atoms with Gasteiger partial charge in [-0.15, -0.1) is 6.58 Å². The van der Waals surface area contributed by atoms with Gasteiger partial charge in [-0.1, -0.05) is 23.7 Å². The molecule has 4 heteroatoms. The molecule has 0 aliphatic carbocycles. The molecule has 0 heterocycles. The molecule has 0 aliphatic rings. The van der Waals surface area contributed by atoms with Gasteiger partial charge in [0.15, 0.2) is 0 Å². The maximum Gasteiger partial charge on any atom is 0.0635 e. The van der Waals surface area contributed by atoms with Crippen LogP contribution in [0.1, 0.15) is 5.56 Å². The molecule has 0 saturated heterocycles.